The van der Waals surface area contributed by atoms with Gasteiger partial charge in [0.1, 0.15) is 5.82 Å². The highest BCUT2D eigenvalue weighted by molar-refractivity contribution is 7.89. The molecule has 1 saturated heterocycles. The van der Waals surface area contributed by atoms with Crippen molar-refractivity contribution in [3.8, 4) is 0 Å². The van der Waals surface area contributed by atoms with Gasteiger partial charge < -0.3 is 4.74 Å². The average Bonchev–Trinajstić information content (AvgIpc) is 2.45. The summed E-state index contributed by atoms with van der Waals surface area (Å²) >= 11 is 0. The van der Waals surface area contributed by atoms with Crippen LogP contribution in [0.1, 0.15) is 6.42 Å². The molecular formula is C13H19FN2O3S. The van der Waals surface area contributed by atoms with Gasteiger partial charge in [-0.1, -0.05) is 6.07 Å². The molecule has 1 aromatic carbocycles. The minimum absolute atomic E-state index is 0.0381. The molecule has 0 aliphatic carbocycles. The van der Waals surface area contributed by atoms with Crippen LogP contribution in [0, 0.1) is 5.82 Å². The molecule has 7 heteroatoms. The number of morpholine rings is 1. The summed E-state index contributed by atoms with van der Waals surface area (Å²) < 4.78 is 44.6. The summed E-state index contributed by atoms with van der Waals surface area (Å²) in [6, 6.07) is 5.01. The number of nitrogens with zero attached hydrogens (tertiary/aromatic N) is 1. The Morgan fingerprint density at radius 2 is 2.05 bits per heavy atom. The van der Waals surface area contributed by atoms with Crippen molar-refractivity contribution >= 4 is 10.0 Å². The zero-order chi connectivity index (χ0) is 14.4. The summed E-state index contributed by atoms with van der Waals surface area (Å²) in [5.74, 6) is -0.554. The number of halogens is 1. The van der Waals surface area contributed by atoms with Crippen LogP contribution >= 0.6 is 0 Å². The van der Waals surface area contributed by atoms with Crippen LogP contribution in [0.3, 0.4) is 0 Å². The molecule has 0 radical (unpaired) electrons. The average molecular weight is 302 g/mol. The Morgan fingerprint density at radius 1 is 1.30 bits per heavy atom. The number of hydrogen-bond acceptors (Lipinski definition) is 4. The van der Waals surface area contributed by atoms with E-state index in [0.29, 0.717) is 13.0 Å². The van der Waals surface area contributed by atoms with Gasteiger partial charge in [0.15, 0.2) is 0 Å². The molecule has 1 aliphatic rings. The largest absolute Gasteiger partial charge is 0.379 e. The van der Waals surface area contributed by atoms with Crippen molar-refractivity contribution in [3.05, 3.63) is 30.1 Å². The molecule has 1 N–H and O–H groups in total. The van der Waals surface area contributed by atoms with Crippen molar-refractivity contribution in [2.24, 2.45) is 0 Å². The highest BCUT2D eigenvalue weighted by atomic mass is 32.2. The van der Waals surface area contributed by atoms with E-state index in [1.54, 1.807) is 0 Å². The third kappa shape index (κ3) is 4.52. The monoisotopic (exact) mass is 302 g/mol. The van der Waals surface area contributed by atoms with Crippen LogP contribution in [0.15, 0.2) is 29.2 Å². The quantitative estimate of drug-likeness (QED) is 0.791. The van der Waals surface area contributed by atoms with Gasteiger partial charge in [-0.15, -0.1) is 0 Å². The lowest BCUT2D eigenvalue weighted by molar-refractivity contribution is 0.0376. The highest BCUT2D eigenvalue weighted by Crippen LogP contribution is 2.10. The second-order valence-corrected chi connectivity index (χ2v) is 6.43. The van der Waals surface area contributed by atoms with E-state index in [9.17, 15) is 12.8 Å². The van der Waals surface area contributed by atoms with E-state index in [-0.39, 0.29) is 4.90 Å². The molecule has 0 atom stereocenters. The molecule has 1 aliphatic heterocycles. The van der Waals surface area contributed by atoms with Crippen molar-refractivity contribution in [1.82, 2.24) is 9.62 Å². The fourth-order valence-corrected chi connectivity index (χ4v) is 3.16. The Balaban J connectivity index is 1.78. The van der Waals surface area contributed by atoms with E-state index in [1.165, 1.54) is 18.2 Å². The Bertz CT molecular complexity index is 530. The number of rotatable bonds is 6. The van der Waals surface area contributed by atoms with Crippen molar-refractivity contribution in [3.63, 3.8) is 0 Å². The maximum absolute atomic E-state index is 13.0. The predicted octanol–water partition coefficient (Wildman–Crippen LogP) is 0.826. The zero-order valence-corrected chi connectivity index (χ0v) is 12.0. The van der Waals surface area contributed by atoms with E-state index < -0.39 is 15.8 Å². The number of benzene rings is 1. The van der Waals surface area contributed by atoms with Gasteiger partial charge in [0.05, 0.1) is 18.1 Å². The molecule has 5 nitrogen and oxygen atoms in total. The third-order valence-corrected chi connectivity index (χ3v) is 4.61. The zero-order valence-electron chi connectivity index (χ0n) is 11.2. The van der Waals surface area contributed by atoms with E-state index >= 15 is 0 Å². The van der Waals surface area contributed by atoms with Crippen LogP contribution in [-0.2, 0) is 14.8 Å². The third-order valence-electron chi connectivity index (χ3n) is 3.15. The summed E-state index contributed by atoms with van der Waals surface area (Å²) in [5.41, 5.74) is 0. The molecule has 0 amide bonds. The first-order valence-electron chi connectivity index (χ1n) is 6.63. The Morgan fingerprint density at radius 3 is 2.75 bits per heavy atom. The minimum atomic E-state index is -3.62. The van der Waals surface area contributed by atoms with Crippen LogP contribution < -0.4 is 4.72 Å². The Kier molecular flexibility index (Phi) is 5.47. The summed E-state index contributed by atoms with van der Waals surface area (Å²) in [6.45, 7) is 4.41. The number of nitrogens with one attached hydrogen (secondary N) is 1. The maximum Gasteiger partial charge on any atom is 0.240 e. The molecule has 1 aromatic rings. The lowest BCUT2D eigenvalue weighted by Crippen LogP contribution is -2.38. The molecule has 112 valence electrons. The van der Waals surface area contributed by atoms with Crippen LogP contribution in [-0.4, -0.2) is 52.7 Å². The van der Waals surface area contributed by atoms with E-state index in [4.69, 9.17) is 4.74 Å². The van der Waals surface area contributed by atoms with Crippen molar-refractivity contribution in [1.29, 1.82) is 0 Å². The summed E-state index contributed by atoms with van der Waals surface area (Å²) in [4.78, 5) is 2.20. The van der Waals surface area contributed by atoms with E-state index in [1.807, 2.05) is 0 Å². The molecule has 1 fully saturated rings. The first-order chi connectivity index (χ1) is 9.58. The van der Waals surface area contributed by atoms with Crippen LogP contribution in [0.25, 0.3) is 0 Å². The Labute approximate surface area is 118 Å². The fourth-order valence-electron chi connectivity index (χ4n) is 2.05. The van der Waals surface area contributed by atoms with Gasteiger partial charge in [-0.2, -0.15) is 0 Å². The van der Waals surface area contributed by atoms with Crippen molar-refractivity contribution in [2.45, 2.75) is 11.3 Å². The molecule has 2 rings (SSSR count). The second kappa shape index (κ2) is 7.12. The number of hydrogen-bond donors (Lipinski definition) is 1. The SMILES string of the molecule is O=S(=O)(NCCCN1CCOCC1)c1cccc(F)c1. The van der Waals surface area contributed by atoms with E-state index in [2.05, 4.69) is 9.62 Å². The molecule has 0 bridgehead atoms. The van der Waals surface area contributed by atoms with Gasteiger partial charge in [0.25, 0.3) is 0 Å². The molecule has 0 saturated carbocycles. The lowest BCUT2D eigenvalue weighted by atomic mass is 10.3. The first kappa shape index (κ1) is 15.4. The van der Waals surface area contributed by atoms with Gasteiger partial charge in [0.2, 0.25) is 10.0 Å². The van der Waals surface area contributed by atoms with Gasteiger partial charge in [-0.05, 0) is 31.2 Å². The predicted molar refractivity (Wildman–Crippen MR) is 73.5 cm³/mol. The van der Waals surface area contributed by atoms with Crippen LogP contribution in [0.5, 0.6) is 0 Å². The summed E-state index contributed by atoms with van der Waals surface area (Å²) in [6.07, 6.45) is 0.717. The molecular weight excluding hydrogens is 283 g/mol. The maximum atomic E-state index is 13.0. The lowest BCUT2D eigenvalue weighted by Gasteiger charge is -2.26. The Hall–Kier alpha value is -1.02. The van der Waals surface area contributed by atoms with Crippen LogP contribution in [0.2, 0.25) is 0 Å². The molecule has 0 aromatic heterocycles. The van der Waals surface area contributed by atoms with Gasteiger partial charge in [-0.3, -0.25) is 4.90 Å². The number of ether oxygens (including phenoxy) is 1. The fraction of sp³-hybridized carbons (Fsp3) is 0.538. The minimum Gasteiger partial charge on any atom is -0.379 e. The van der Waals surface area contributed by atoms with Gasteiger partial charge >= 0.3 is 0 Å². The normalized spacial score (nSPS) is 17.2. The molecule has 20 heavy (non-hydrogen) atoms. The van der Waals surface area contributed by atoms with Gasteiger partial charge in [0, 0.05) is 19.6 Å². The molecule has 0 spiro atoms. The van der Waals surface area contributed by atoms with Crippen molar-refractivity contribution in [2.75, 3.05) is 39.4 Å². The second-order valence-electron chi connectivity index (χ2n) is 4.66. The molecule has 0 unspecified atom stereocenters. The first-order valence-corrected chi connectivity index (χ1v) is 8.11. The van der Waals surface area contributed by atoms with E-state index in [0.717, 1.165) is 38.9 Å². The standard InChI is InChI=1S/C13H19FN2O3S/c14-12-3-1-4-13(11-12)20(17,18)15-5-2-6-16-7-9-19-10-8-16/h1,3-4,11,15H,2,5-10H2. The topological polar surface area (TPSA) is 58.6 Å². The van der Waals surface area contributed by atoms with Crippen LogP contribution in [0.4, 0.5) is 4.39 Å². The highest BCUT2D eigenvalue weighted by Gasteiger charge is 2.14. The summed E-state index contributed by atoms with van der Waals surface area (Å²) in [7, 11) is -3.62. The smallest absolute Gasteiger partial charge is 0.240 e. The summed E-state index contributed by atoms with van der Waals surface area (Å²) in [5, 5.41) is 0. The van der Waals surface area contributed by atoms with Crippen molar-refractivity contribution < 1.29 is 17.5 Å². The van der Waals surface area contributed by atoms with Gasteiger partial charge in [-0.25, -0.2) is 17.5 Å². The molecule has 1 heterocycles. The number of sulfonamides is 1.